The van der Waals surface area contributed by atoms with Gasteiger partial charge in [0.05, 0.1) is 11.5 Å². The zero-order valence-electron chi connectivity index (χ0n) is 5.10. The molecule has 2 saturated carbocycles. The van der Waals surface area contributed by atoms with Crippen molar-refractivity contribution >= 4 is 15.9 Å². The second kappa shape index (κ2) is 1.52. The smallest absolute Gasteiger partial charge is 0.0738 e. The van der Waals surface area contributed by atoms with E-state index in [1.54, 1.807) is 0 Å². The van der Waals surface area contributed by atoms with Crippen molar-refractivity contribution in [3.63, 3.8) is 0 Å². The van der Waals surface area contributed by atoms with E-state index in [2.05, 4.69) is 22.0 Å². The van der Waals surface area contributed by atoms with Gasteiger partial charge in [-0.3, -0.25) is 0 Å². The minimum absolute atomic E-state index is 0.0833. The Hall–Kier alpha value is -0.0300. The van der Waals surface area contributed by atoms with Crippen LogP contribution in [0.3, 0.4) is 0 Å². The average Bonchev–Trinajstić information content (AvgIpc) is 2.59. The Bertz CT molecular complexity index is 180. The molecule has 0 heterocycles. The molecule has 0 amide bonds. The minimum Gasteiger partial charge on any atom is -0.198 e. The molecule has 0 saturated heterocycles. The van der Waals surface area contributed by atoms with Crippen LogP contribution in [0.5, 0.6) is 0 Å². The van der Waals surface area contributed by atoms with Gasteiger partial charge in [-0.1, -0.05) is 15.9 Å². The molecular weight excluding hydrogens is 178 g/mol. The Labute approximate surface area is 63.2 Å². The number of hydrogen-bond donors (Lipinski definition) is 0. The zero-order chi connectivity index (χ0) is 6.48. The van der Waals surface area contributed by atoms with Crippen LogP contribution in [-0.4, -0.2) is 4.83 Å². The summed E-state index contributed by atoms with van der Waals surface area (Å²) in [5, 5.41) is 8.76. The molecule has 0 aromatic rings. The third-order valence-electron chi connectivity index (χ3n) is 2.43. The summed E-state index contributed by atoms with van der Waals surface area (Å²) in [6.45, 7) is 0. The van der Waals surface area contributed by atoms with Crippen LogP contribution in [0, 0.1) is 22.7 Å². The van der Waals surface area contributed by atoms with E-state index < -0.39 is 0 Å². The van der Waals surface area contributed by atoms with Gasteiger partial charge in [0.1, 0.15) is 0 Å². The summed E-state index contributed by atoms with van der Waals surface area (Å²) in [4.78, 5) is 0.516. The standard InChI is InChI=1S/C7H8BrN/c8-6-3-7(6,4-9)5-1-2-5/h5-6H,1-3H2/t6-,7-/m1/s1. The fourth-order valence-electron chi connectivity index (χ4n) is 1.47. The number of nitriles is 1. The van der Waals surface area contributed by atoms with Gasteiger partial charge in [0.2, 0.25) is 0 Å². The van der Waals surface area contributed by atoms with E-state index in [4.69, 9.17) is 5.26 Å². The third kappa shape index (κ3) is 0.646. The molecule has 2 heteroatoms. The van der Waals surface area contributed by atoms with Crippen molar-refractivity contribution in [2.75, 3.05) is 0 Å². The van der Waals surface area contributed by atoms with Crippen molar-refractivity contribution in [1.82, 2.24) is 0 Å². The largest absolute Gasteiger partial charge is 0.198 e. The molecule has 0 aromatic heterocycles. The van der Waals surface area contributed by atoms with Crippen LogP contribution in [0.25, 0.3) is 0 Å². The predicted octanol–water partition coefficient (Wildman–Crippen LogP) is 2.07. The highest BCUT2D eigenvalue weighted by Gasteiger charge is 2.61. The number of alkyl halides is 1. The summed E-state index contributed by atoms with van der Waals surface area (Å²) in [5.74, 6) is 0.742. The summed E-state index contributed by atoms with van der Waals surface area (Å²) < 4.78 is 0. The molecule has 0 spiro atoms. The Balaban J connectivity index is 2.14. The van der Waals surface area contributed by atoms with E-state index in [-0.39, 0.29) is 5.41 Å². The fraction of sp³-hybridized carbons (Fsp3) is 0.857. The number of hydrogen-bond acceptors (Lipinski definition) is 1. The molecule has 2 atom stereocenters. The number of nitrogens with zero attached hydrogens (tertiary/aromatic N) is 1. The van der Waals surface area contributed by atoms with Crippen molar-refractivity contribution in [2.45, 2.75) is 24.1 Å². The molecule has 2 rings (SSSR count). The van der Waals surface area contributed by atoms with Crippen LogP contribution in [0.1, 0.15) is 19.3 Å². The Morgan fingerprint density at radius 1 is 1.56 bits per heavy atom. The molecule has 0 aromatic carbocycles. The third-order valence-corrected chi connectivity index (χ3v) is 3.57. The number of rotatable bonds is 1. The second-order valence-corrected chi connectivity index (χ2v) is 4.20. The Morgan fingerprint density at radius 2 is 2.11 bits per heavy atom. The highest BCUT2D eigenvalue weighted by molar-refractivity contribution is 9.09. The van der Waals surface area contributed by atoms with E-state index in [1.807, 2.05) is 0 Å². The van der Waals surface area contributed by atoms with E-state index in [0.29, 0.717) is 4.83 Å². The van der Waals surface area contributed by atoms with Gasteiger partial charge in [-0.2, -0.15) is 5.26 Å². The van der Waals surface area contributed by atoms with E-state index in [9.17, 15) is 0 Å². The lowest BCUT2D eigenvalue weighted by molar-refractivity contribution is 0.578. The topological polar surface area (TPSA) is 23.8 Å². The predicted molar refractivity (Wildman–Crippen MR) is 38.1 cm³/mol. The molecule has 0 aliphatic heterocycles. The molecule has 2 aliphatic carbocycles. The van der Waals surface area contributed by atoms with Gasteiger partial charge >= 0.3 is 0 Å². The molecule has 2 fully saturated rings. The van der Waals surface area contributed by atoms with E-state index in [1.165, 1.54) is 12.8 Å². The Kier molecular flexibility index (Phi) is 0.967. The lowest BCUT2D eigenvalue weighted by Crippen LogP contribution is -2.01. The van der Waals surface area contributed by atoms with Crippen molar-refractivity contribution in [1.29, 1.82) is 5.26 Å². The molecule has 0 unspecified atom stereocenters. The maximum absolute atomic E-state index is 8.76. The molecule has 0 bridgehead atoms. The van der Waals surface area contributed by atoms with Crippen molar-refractivity contribution in [3.05, 3.63) is 0 Å². The van der Waals surface area contributed by atoms with Crippen LogP contribution in [0.4, 0.5) is 0 Å². The van der Waals surface area contributed by atoms with Gasteiger partial charge in [0.15, 0.2) is 0 Å². The SMILES string of the molecule is N#C[C@@]1(C2CC2)C[C@H]1Br. The molecule has 1 nitrogen and oxygen atoms in total. The molecule has 0 radical (unpaired) electrons. The van der Waals surface area contributed by atoms with Crippen molar-refractivity contribution in [3.8, 4) is 6.07 Å². The fourth-order valence-corrected chi connectivity index (χ4v) is 2.48. The van der Waals surface area contributed by atoms with Gasteiger partial charge in [0.25, 0.3) is 0 Å². The lowest BCUT2D eigenvalue weighted by Gasteiger charge is -1.99. The molecule has 48 valence electrons. The van der Waals surface area contributed by atoms with Crippen LogP contribution >= 0.6 is 15.9 Å². The van der Waals surface area contributed by atoms with Crippen LogP contribution < -0.4 is 0 Å². The van der Waals surface area contributed by atoms with Crippen LogP contribution in [-0.2, 0) is 0 Å². The highest BCUT2D eigenvalue weighted by atomic mass is 79.9. The van der Waals surface area contributed by atoms with Gasteiger partial charge in [0, 0.05) is 4.83 Å². The average molecular weight is 186 g/mol. The summed E-state index contributed by atoms with van der Waals surface area (Å²) in [5.41, 5.74) is 0.0833. The lowest BCUT2D eigenvalue weighted by atomic mass is 10.0. The summed E-state index contributed by atoms with van der Waals surface area (Å²) >= 11 is 3.48. The first-order valence-corrected chi connectivity index (χ1v) is 4.26. The zero-order valence-corrected chi connectivity index (χ0v) is 6.69. The maximum atomic E-state index is 8.76. The molecule has 2 aliphatic rings. The quantitative estimate of drug-likeness (QED) is 0.575. The van der Waals surface area contributed by atoms with Gasteiger partial charge < -0.3 is 0 Å². The normalized spacial score (nSPS) is 48.2. The van der Waals surface area contributed by atoms with E-state index in [0.717, 1.165) is 12.3 Å². The molecule has 9 heavy (non-hydrogen) atoms. The first-order chi connectivity index (χ1) is 4.29. The first-order valence-electron chi connectivity index (χ1n) is 3.35. The Morgan fingerprint density at radius 3 is 2.22 bits per heavy atom. The van der Waals surface area contributed by atoms with Gasteiger partial charge in [-0.15, -0.1) is 0 Å². The monoisotopic (exact) mass is 185 g/mol. The second-order valence-electron chi connectivity index (χ2n) is 3.10. The summed E-state index contributed by atoms with van der Waals surface area (Å²) in [6, 6.07) is 2.42. The minimum atomic E-state index is 0.0833. The van der Waals surface area contributed by atoms with E-state index >= 15 is 0 Å². The highest BCUT2D eigenvalue weighted by Crippen LogP contribution is 2.63. The number of halogens is 1. The van der Waals surface area contributed by atoms with Crippen molar-refractivity contribution < 1.29 is 0 Å². The van der Waals surface area contributed by atoms with Crippen LogP contribution in [0.15, 0.2) is 0 Å². The maximum Gasteiger partial charge on any atom is 0.0738 e. The van der Waals surface area contributed by atoms with Gasteiger partial charge in [-0.25, -0.2) is 0 Å². The molecule has 0 N–H and O–H groups in total. The first kappa shape index (κ1) is 5.73. The summed E-state index contributed by atoms with van der Waals surface area (Å²) in [7, 11) is 0. The van der Waals surface area contributed by atoms with Crippen molar-refractivity contribution in [2.24, 2.45) is 11.3 Å². The van der Waals surface area contributed by atoms with Gasteiger partial charge in [-0.05, 0) is 25.2 Å². The van der Waals surface area contributed by atoms with Crippen LogP contribution in [0.2, 0.25) is 0 Å². The molecular formula is C7H8BrN. The summed E-state index contributed by atoms with van der Waals surface area (Å²) in [6.07, 6.45) is 3.67.